The molecular formula is C13H20N4O4S. The molecule has 0 N–H and O–H groups in total. The fourth-order valence-electron chi connectivity index (χ4n) is 2.65. The lowest BCUT2D eigenvalue weighted by molar-refractivity contribution is 0.0660. The smallest absolute Gasteiger partial charge is 0.316 e. The minimum absolute atomic E-state index is 0.216. The van der Waals surface area contributed by atoms with Crippen LogP contribution in [0.15, 0.2) is 18.5 Å². The quantitative estimate of drug-likeness (QED) is 0.767. The second kappa shape index (κ2) is 6.86. The average molecular weight is 328 g/mol. The molecule has 0 spiro atoms. The van der Waals surface area contributed by atoms with Crippen LogP contribution in [0.25, 0.3) is 0 Å². The van der Waals surface area contributed by atoms with Crippen molar-refractivity contribution in [3.8, 4) is 6.01 Å². The Labute approximate surface area is 130 Å². The number of morpholine rings is 1. The first-order valence-corrected chi connectivity index (χ1v) is 8.82. The van der Waals surface area contributed by atoms with Crippen molar-refractivity contribution >= 4 is 10.2 Å². The summed E-state index contributed by atoms with van der Waals surface area (Å²) in [5.41, 5.74) is 0. The molecule has 1 atom stereocenters. The van der Waals surface area contributed by atoms with Crippen molar-refractivity contribution in [2.75, 3.05) is 39.4 Å². The van der Waals surface area contributed by atoms with E-state index in [1.54, 1.807) is 18.5 Å². The molecule has 3 heterocycles. The van der Waals surface area contributed by atoms with Gasteiger partial charge in [-0.2, -0.15) is 17.0 Å². The van der Waals surface area contributed by atoms with Gasteiger partial charge in [-0.15, -0.1) is 0 Å². The minimum atomic E-state index is -3.44. The highest BCUT2D eigenvalue weighted by atomic mass is 32.2. The Morgan fingerprint density at radius 3 is 2.59 bits per heavy atom. The Balaban J connectivity index is 1.64. The van der Waals surface area contributed by atoms with Crippen LogP contribution in [0.1, 0.15) is 12.8 Å². The molecule has 2 aliphatic heterocycles. The molecule has 2 fully saturated rings. The minimum Gasteiger partial charge on any atom is -0.459 e. The lowest BCUT2D eigenvalue weighted by Crippen LogP contribution is -2.53. The van der Waals surface area contributed by atoms with E-state index in [9.17, 15) is 8.42 Å². The van der Waals surface area contributed by atoms with Crippen molar-refractivity contribution in [1.29, 1.82) is 0 Å². The van der Waals surface area contributed by atoms with Crippen molar-refractivity contribution in [2.45, 2.75) is 18.9 Å². The number of hydrogen-bond donors (Lipinski definition) is 0. The van der Waals surface area contributed by atoms with E-state index in [1.807, 2.05) is 0 Å². The Kier molecular flexibility index (Phi) is 4.87. The number of hydrogen-bond acceptors (Lipinski definition) is 6. The van der Waals surface area contributed by atoms with Gasteiger partial charge in [0.05, 0.1) is 19.8 Å². The van der Waals surface area contributed by atoms with Gasteiger partial charge in [0.25, 0.3) is 10.2 Å². The molecule has 1 aromatic heterocycles. The van der Waals surface area contributed by atoms with Crippen molar-refractivity contribution in [3.63, 3.8) is 0 Å². The van der Waals surface area contributed by atoms with Crippen LogP contribution in [0.4, 0.5) is 0 Å². The summed E-state index contributed by atoms with van der Waals surface area (Å²) in [4.78, 5) is 8.04. The average Bonchev–Trinajstić information content (AvgIpc) is 2.57. The molecule has 3 rings (SSSR count). The summed E-state index contributed by atoms with van der Waals surface area (Å²) in [5.74, 6) is 0. The van der Waals surface area contributed by atoms with E-state index in [4.69, 9.17) is 9.47 Å². The normalized spacial score (nSPS) is 25.0. The summed E-state index contributed by atoms with van der Waals surface area (Å²) in [5, 5.41) is 0. The Morgan fingerprint density at radius 2 is 1.86 bits per heavy atom. The maximum Gasteiger partial charge on any atom is 0.316 e. The standard InChI is InChI=1S/C13H20N4O4S/c18-22(19,16-7-9-20-10-8-16)17-6-1-3-12(11-17)21-13-14-4-2-5-15-13/h2,4-5,12H,1,3,6-11H2. The lowest BCUT2D eigenvalue weighted by atomic mass is 10.1. The van der Waals surface area contributed by atoms with E-state index in [0.29, 0.717) is 39.4 Å². The van der Waals surface area contributed by atoms with Crippen LogP contribution in [-0.4, -0.2) is 72.5 Å². The molecule has 0 saturated carbocycles. The van der Waals surface area contributed by atoms with E-state index >= 15 is 0 Å². The van der Waals surface area contributed by atoms with Gasteiger partial charge in [-0.05, 0) is 18.9 Å². The fraction of sp³-hybridized carbons (Fsp3) is 0.692. The highest BCUT2D eigenvalue weighted by Crippen LogP contribution is 2.20. The molecule has 0 aromatic carbocycles. The van der Waals surface area contributed by atoms with Crippen LogP contribution in [-0.2, 0) is 14.9 Å². The number of ether oxygens (including phenoxy) is 2. The first-order chi connectivity index (χ1) is 10.7. The van der Waals surface area contributed by atoms with Gasteiger partial charge in [0, 0.05) is 32.0 Å². The number of piperidine rings is 1. The van der Waals surface area contributed by atoms with E-state index in [0.717, 1.165) is 12.8 Å². The van der Waals surface area contributed by atoms with Gasteiger partial charge in [-0.3, -0.25) is 0 Å². The third-order valence-electron chi connectivity index (χ3n) is 3.78. The first kappa shape index (κ1) is 15.6. The number of rotatable bonds is 4. The van der Waals surface area contributed by atoms with E-state index in [-0.39, 0.29) is 12.1 Å². The second-order valence-corrected chi connectivity index (χ2v) is 7.22. The third kappa shape index (κ3) is 3.54. The summed E-state index contributed by atoms with van der Waals surface area (Å²) < 4.78 is 39.2. The molecule has 1 unspecified atom stereocenters. The molecule has 0 aliphatic carbocycles. The molecule has 0 bridgehead atoms. The maximum absolute atomic E-state index is 12.6. The highest BCUT2D eigenvalue weighted by molar-refractivity contribution is 7.86. The number of nitrogens with zero attached hydrogens (tertiary/aromatic N) is 4. The van der Waals surface area contributed by atoms with Gasteiger partial charge >= 0.3 is 6.01 Å². The molecule has 2 saturated heterocycles. The molecule has 0 radical (unpaired) electrons. The van der Waals surface area contributed by atoms with Crippen LogP contribution < -0.4 is 4.74 Å². The van der Waals surface area contributed by atoms with Crippen molar-refractivity contribution in [3.05, 3.63) is 18.5 Å². The predicted molar refractivity (Wildman–Crippen MR) is 78.6 cm³/mol. The Bertz CT molecular complexity index is 577. The Hall–Kier alpha value is -1.29. The van der Waals surface area contributed by atoms with Gasteiger partial charge < -0.3 is 9.47 Å². The molecule has 8 nitrogen and oxygen atoms in total. The lowest BCUT2D eigenvalue weighted by Gasteiger charge is -2.36. The Morgan fingerprint density at radius 1 is 1.14 bits per heavy atom. The van der Waals surface area contributed by atoms with E-state index in [2.05, 4.69) is 9.97 Å². The van der Waals surface area contributed by atoms with Crippen molar-refractivity contribution < 1.29 is 17.9 Å². The number of aromatic nitrogens is 2. The van der Waals surface area contributed by atoms with Gasteiger partial charge in [0.15, 0.2) is 0 Å². The van der Waals surface area contributed by atoms with Gasteiger partial charge in [0.2, 0.25) is 0 Å². The topological polar surface area (TPSA) is 84.9 Å². The van der Waals surface area contributed by atoms with Gasteiger partial charge in [-0.25, -0.2) is 9.97 Å². The summed E-state index contributed by atoms with van der Waals surface area (Å²) in [6, 6.07) is 2.00. The van der Waals surface area contributed by atoms with Crippen LogP contribution >= 0.6 is 0 Å². The SMILES string of the molecule is O=S(=O)(N1CCOCC1)N1CCCC(Oc2ncccn2)C1. The van der Waals surface area contributed by atoms with E-state index < -0.39 is 10.2 Å². The largest absolute Gasteiger partial charge is 0.459 e. The fourth-order valence-corrected chi connectivity index (χ4v) is 4.30. The third-order valence-corrected chi connectivity index (χ3v) is 5.78. The van der Waals surface area contributed by atoms with Gasteiger partial charge in [-0.1, -0.05) is 0 Å². The maximum atomic E-state index is 12.6. The highest BCUT2D eigenvalue weighted by Gasteiger charge is 2.35. The summed E-state index contributed by atoms with van der Waals surface area (Å²) in [7, 11) is -3.44. The van der Waals surface area contributed by atoms with Crippen molar-refractivity contribution in [2.24, 2.45) is 0 Å². The van der Waals surface area contributed by atoms with Gasteiger partial charge in [0.1, 0.15) is 6.10 Å². The second-order valence-electron chi connectivity index (χ2n) is 5.29. The van der Waals surface area contributed by atoms with Crippen LogP contribution in [0, 0.1) is 0 Å². The molecule has 0 amide bonds. The molecule has 122 valence electrons. The monoisotopic (exact) mass is 328 g/mol. The molecule has 22 heavy (non-hydrogen) atoms. The van der Waals surface area contributed by atoms with Crippen molar-refractivity contribution in [1.82, 2.24) is 18.6 Å². The predicted octanol–water partition coefficient (Wildman–Crippen LogP) is -0.103. The van der Waals surface area contributed by atoms with E-state index in [1.165, 1.54) is 8.61 Å². The molecular weight excluding hydrogens is 308 g/mol. The van der Waals surface area contributed by atoms with Crippen LogP contribution in [0.2, 0.25) is 0 Å². The zero-order valence-corrected chi connectivity index (χ0v) is 13.1. The molecule has 9 heteroatoms. The van der Waals surface area contributed by atoms with Crippen LogP contribution in [0.5, 0.6) is 6.01 Å². The summed E-state index contributed by atoms with van der Waals surface area (Å²) in [6.07, 6.45) is 4.56. The zero-order valence-electron chi connectivity index (χ0n) is 12.3. The molecule has 2 aliphatic rings. The van der Waals surface area contributed by atoms with Crippen LogP contribution in [0.3, 0.4) is 0 Å². The summed E-state index contributed by atoms with van der Waals surface area (Å²) in [6.45, 7) is 2.57. The molecule has 1 aromatic rings. The zero-order chi connectivity index (χ0) is 15.4. The first-order valence-electron chi connectivity index (χ1n) is 7.43. The summed E-state index contributed by atoms with van der Waals surface area (Å²) >= 11 is 0.